The Morgan fingerprint density at radius 2 is 1.42 bits per heavy atom. The minimum Gasteiger partial charge on any atom is -0.445 e. The Balaban J connectivity index is 0.00000121. The van der Waals surface area contributed by atoms with Crippen LogP contribution >= 0.6 is 15.9 Å². The molecule has 60 valence electrons. The molecule has 0 radical (unpaired) electrons. The Morgan fingerprint density at radius 1 is 1.00 bits per heavy atom. The summed E-state index contributed by atoms with van der Waals surface area (Å²) in [4.78, 5) is 0. The third kappa shape index (κ3) is 3.93. The van der Waals surface area contributed by atoms with Gasteiger partial charge in [-0.25, -0.2) is 0 Å². The van der Waals surface area contributed by atoms with Crippen molar-refractivity contribution in [2.45, 2.75) is 0 Å². The first-order valence-corrected chi connectivity index (χ1v) is 3.75. The van der Waals surface area contributed by atoms with Gasteiger partial charge in [0.15, 0.2) is 0 Å². The molecule has 0 aliphatic heterocycles. The third-order valence-corrected chi connectivity index (χ3v) is 1.78. The van der Waals surface area contributed by atoms with E-state index in [0.717, 1.165) is 12.1 Å². The van der Waals surface area contributed by atoms with Crippen LogP contribution in [-0.4, -0.2) is 6.98 Å². The first-order chi connectivity index (χ1) is 5.00. The summed E-state index contributed by atoms with van der Waals surface area (Å²) in [6.07, 6.45) is 0. The molecule has 0 aliphatic carbocycles. The number of hydrogen-bond acceptors (Lipinski definition) is 0. The van der Waals surface area contributed by atoms with E-state index in [9.17, 15) is 12.9 Å². The van der Waals surface area contributed by atoms with Gasteiger partial charge in [0.05, 0.1) is 0 Å². The molecule has 0 spiro atoms. The van der Waals surface area contributed by atoms with Gasteiger partial charge >= 0.3 is 58.4 Å². The number of halogens is 4. The topological polar surface area (TPSA) is 0 Å². The Hall–Kier alpha value is 1.19. The van der Waals surface area contributed by atoms with E-state index < -0.39 is 12.4 Å². The van der Waals surface area contributed by atoms with Crippen LogP contribution in [0.25, 0.3) is 0 Å². The quantitative estimate of drug-likeness (QED) is 0.600. The largest absolute Gasteiger partial charge is 1.00 e. The molecule has 0 aromatic heterocycles. The van der Waals surface area contributed by atoms with E-state index in [1.54, 1.807) is 0 Å². The van der Waals surface area contributed by atoms with Gasteiger partial charge in [0.2, 0.25) is 0 Å². The first kappa shape index (κ1) is 13.2. The van der Waals surface area contributed by atoms with Gasteiger partial charge in [-0.15, -0.1) is 5.46 Å². The molecule has 0 heterocycles. The van der Waals surface area contributed by atoms with Gasteiger partial charge < -0.3 is 12.9 Å². The standard InChI is InChI=1S/C6H4BBrF3.K/c8-6-3-1-5(2-4-6)7(9,10)11;/h1-4H;/q-1;+1. The summed E-state index contributed by atoms with van der Waals surface area (Å²) in [5.41, 5.74) is -0.562. The van der Waals surface area contributed by atoms with Crippen LogP contribution in [0.5, 0.6) is 0 Å². The Bertz CT molecular complexity index is 246. The van der Waals surface area contributed by atoms with E-state index in [2.05, 4.69) is 15.9 Å². The van der Waals surface area contributed by atoms with Crippen molar-refractivity contribution < 1.29 is 64.3 Å². The molecule has 0 saturated carbocycles. The van der Waals surface area contributed by atoms with Crippen LogP contribution in [0.3, 0.4) is 0 Å². The summed E-state index contributed by atoms with van der Waals surface area (Å²) >= 11 is 3.05. The predicted octanol–water partition coefficient (Wildman–Crippen LogP) is -0.493. The number of hydrogen-bond donors (Lipinski definition) is 0. The monoisotopic (exact) mass is 262 g/mol. The molecule has 0 bridgehead atoms. The zero-order valence-electron chi connectivity index (χ0n) is 6.40. The molecule has 0 aliphatic rings. The van der Waals surface area contributed by atoms with Crippen molar-refractivity contribution in [3.05, 3.63) is 28.7 Å². The minimum atomic E-state index is -4.84. The van der Waals surface area contributed by atoms with Crippen molar-refractivity contribution in [1.82, 2.24) is 0 Å². The average Bonchev–Trinajstić information content (AvgIpc) is 1.86. The summed E-state index contributed by atoms with van der Waals surface area (Å²) in [6, 6.07) is 4.88. The molecule has 1 aromatic rings. The number of benzene rings is 1. The molecule has 0 N–H and O–H groups in total. The minimum absolute atomic E-state index is 0. The van der Waals surface area contributed by atoms with Crippen molar-refractivity contribution in [3.63, 3.8) is 0 Å². The number of rotatable bonds is 1. The summed E-state index contributed by atoms with van der Waals surface area (Å²) in [7, 11) is 0. The zero-order valence-corrected chi connectivity index (χ0v) is 11.1. The summed E-state index contributed by atoms with van der Waals surface area (Å²) in [5, 5.41) is 0. The van der Waals surface area contributed by atoms with Gasteiger partial charge in [-0.2, -0.15) is 0 Å². The Kier molecular flexibility index (Phi) is 5.68. The molecule has 0 saturated heterocycles. The molecule has 0 unspecified atom stereocenters. The van der Waals surface area contributed by atoms with Crippen molar-refractivity contribution in [2.24, 2.45) is 0 Å². The van der Waals surface area contributed by atoms with Gasteiger partial charge in [0.25, 0.3) is 0 Å². The van der Waals surface area contributed by atoms with E-state index in [1.165, 1.54) is 12.1 Å². The maximum absolute atomic E-state index is 12.0. The first-order valence-electron chi connectivity index (χ1n) is 2.95. The SMILES string of the molecule is F[B-](F)(F)c1ccc(Br)cc1.[K+]. The molecule has 6 heteroatoms. The van der Waals surface area contributed by atoms with Crippen molar-refractivity contribution in [2.75, 3.05) is 0 Å². The van der Waals surface area contributed by atoms with E-state index >= 15 is 0 Å². The molecule has 1 rings (SSSR count). The zero-order chi connectivity index (χ0) is 8.48. The molecule has 0 fully saturated rings. The van der Waals surface area contributed by atoms with Crippen molar-refractivity contribution in [1.29, 1.82) is 0 Å². The predicted molar refractivity (Wildman–Crippen MR) is 42.9 cm³/mol. The summed E-state index contributed by atoms with van der Waals surface area (Å²) in [6.45, 7) is -4.84. The molecule has 0 atom stereocenters. The van der Waals surface area contributed by atoms with Crippen LogP contribution in [-0.2, 0) is 0 Å². The van der Waals surface area contributed by atoms with Gasteiger partial charge in [-0.1, -0.05) is 40.2 Å². The van der Waals surface area contributed by atoms with Gasteiger partial charge in [-0.3, -0.25) is 0 Å². The van der Waals surface area contributed by atoms with Crippen LogP contribution in [0.4, 0.5) is 12.9 Å². The van der Waals surface area contributed by atoms with Gasteiger partial charge in [0.1, 0.15) is 0 Å². The van der Waals surface area contributed by atoms with Crippen LogP contribution in [0.2, 0.25) is 0 Å². The second kappa shape index (κ2) is 5.17. The second-order valence-electron chi connectivity index (χ2n) is 2.13. The van der Waals surface area contributed by atoms with E-state index in [4.69, 9.17) is 0 Å². The fourth-order valence-corrected chi connectivity index (χ4v) is 0.945. The van der Waals surface area contributed by atoms with E-state index in [1.807, 2.05) is 0 Å². The van der Waals surface area contributed by atoms with Crippen LogP contribution in [0.1, 0.15) is 0 Å². The Labute approximate surface area is 120 Å². The normalized spacial score (nSPS) is 10.7. The molecule has 0 amide bonds. The molecule has 1 aromatic carbocycles. The summed E-state index contributed by atoms with van der Waals surface area (Å²) in [5.74, 6) is 0. The van der Waals surface area contributed by atoms with Gasteiger partial charge in [-0.05, 0) is 0 Å². The smallest absolute Gasteiger partial charge is 0.445 e. The van der Waals surface area contributed by atoms with Crippen LogP contribution in [0, 0.1) is 0 Å². The maximum atomic E-state index is 12.0. The average molecular weight is 263 g/mol. The van der Waals surface area contributed by atoms with Crippen LogP contribution < -0.4 is 56.8 Å². The van der Waals surface area contributed by atoms with E-state index in [0.29, 0.717) is 4.47 Å². The fourth-order valence-electron chi connectivity index (χ4n) is 0.681. The van der Waals surface area contributed by atoms with Crippen LogP contribution in [0.15, 0.2) is 28.7 Å². The van der Waals surface area contributed by atoms with Crippen molar-refractivity contribution >= 4 is 28.4 Å². The third-order valence-electron chi connectivity index (χ3n) is 1.25. The summed E-state index contributed by atoms with van der Waals surface area (Å²) < 4.78 is 36.6. The van der Waals surface area contributed by atoms with Gasteiger partial charge in [0, 0.05) is 4.47 Å². The van der Waals surface area contributed by atoms with Crippen molar-refractivity contribution in [3.8, 4) is 0 Å². The fraction of sp³-hybridized carbons (Fsp3) is 0. The second-order valence-corrected chi connectivity index (χ2v) is 3.04. The molecule has 12 heavy (non-hydrogen) atoms. The molecule has 0 nitrogen and oxygen atoms in total. The molecular formula is C6H4BBrF3K. The molecular weight excluding hydrogens is 259 g/mol. The van der Waals surface area contributed by atoms with E-state index in [-0.39, 0.29) is 51.4 Å². The Morgan fingerprint density at radius 3 is 1.75 bits per heavy atom. The maximum Gasteiger partial charge on any atom is 1.00 e.